The second-order valence-corrected chi connectivity index (χ2v) is 13.7. The van der Waals surface area contributed by atoms with E-state index in [4.69, 9.17) is 16.3 Å². The molecule has 0 radical (unpaired) electrons. The van der Waals surface area contributed by atoms with E-state index in [0.29, 0.717) is 40.9 Å². The molecule has 4 aliphatic heterocycles. The molecule has 1 unspecified atom stereocenters. The highest BCUT2D eigenvalue weighted by atomic mass is 35.5. The van der Waals surface area contributed by atoms with Gasteiger partial charge in [0.15, 0.2) is 0 Å². The fourth-order valence-corrected chi connectivity index (χ4v) is 9.68. The summed E-state index contributed by atoms with van der Waals surface area (Å²) in [5, 5.41) is 10.9. The molecule has 1 N–H and O–H groups in total. The number of carbonyl (C=O) groups is 3. The van der Waals surface area contributed by atoms with E-state index < -0.39 is 28.7 Å². The van der Waals surface area contributed by atoms with E-state index in [0.717, 1.165) is 0 Å². The fraction of sp³-hybridized carbons (Fsp3) is 0.306. The zero-order valence-corrected chi connectivity index (χ0v) is 26.8. The van der Waals surface area contributed by atoms with Crippen LogP contribution < -0.4 is 14.5 Å². The molecule has 236 valence electrons. The van der Waals surface area contributed by atoms with Gasteiger partial charge in [0.2, 0.25) is 11.8 Å². The normalized spacial score (nSPS) is 27.6. The van der Waals surface area contributed by atoms with Crippen LogP contribution >= 0.6 is 23.4 Å². The zero-order valence-electron chi connectivity index (χ0n) is 25.2. The highest BCUT2D eigenvalue weighted by Crippen LogP contribution is 2.62. The number of para-hydroxylation sites is 1. The van der Waals surface area contributed by atoms with Crippen LogP contribution in [-0.2, 0) is 14.4 Å². The Hall–Kier alpha value is -4.05. The third kappa shape index (κ3) is 4.84. The highest BCUT2D eigenvalue weighted by Gasteiger charge is 2.72. The Morgan fingerprint density at radius 3 is 2.35 bits per heavy atom. The number of nitrogens with zero attached hydrogens (tertiary/aromatic N) is 3. The van der Waals surface area contributed by atoms with Crippen molar-refractivity contribution in [1.29, 1.82) is 0 Å². The molecule has 3 aromatic rings. The molecule has 1 spiro atoms. The lowest BCUT2D eigenvalue weighted by Crippen LogP contribution is -2.54. The van der Waals surface area contributed by atoms with Gasteiger partial charge in [0.05, 0.1) is 46.5 Å². The molecule has 46 heavy (non-hydrogen) atoms. The predicted octanol–water partition coefficient (Wildman–Crippen LogP) is 5.28. The molecule has 10 heteroatoms. The van der Waals surface area contributed by atoms with Crippen LogP contribution in [0.2, 0.25) is 5.02 Å². The molecule has 4 heterocycles. The molecule has 6 atom stereocenters. The monoisotopic (exact) mass is 655 g/mol. The molecule has 4 aliphatic rings. The molecule has 8 nitrogen and oxygen atoms in total. The molecule has 2 saturated heterocycles. The van der Waals surface area contributed by atoms with Gasteiger partial charge < -0.3 is 24.5 Å². The number of halogens is 1. The van der Waals surface area contributed by atoms with Gasteiger partial charge in [0.25, 0.3) is 5.91 Å². The van der Waals surface area contributed by atoms with E-state index in [1.165, 1.54) is 11.8 Å². The Bertz CT molecular complexity index is 1720. The van der Waals surface area contributed by atoms with Crippen LogP contribution in [-0.4, -0.2) is 70.1 Å². The number of amides is 3. The highest BCUT2D eigenvalue weighted by molar-refractivity contribution is 8.02. The summed E-state index contributed by atoms with van der Waals surface area (Å²) in [6.07, 6.45) is 7.87. The number of hydrogen-bond donors (Lipinski definition) is 1. The average Bonchev–Trinajstić information content (AvgIpc) is 3.38. The first-order valence-corrected chi connectivity index (χ1v) is 16.8. The molecular formula is C36H34ClN3O5S. The largest absolute Gasteiger partial charge is 0.494 e. The standard InChI is InChI=1S/C36H34ClN3O5S/c1-2-45-25-17-15-24(16-18-25)38-20-8-14-29-30(33(38)42)31-34(43)40(28(22-41)23-10-4-3-5-11-23)32-35(44)39(21-9-19-36(31,32)46-29)27-13-7-6-12-26(27)37/h3-19,28-32,41H,2,20-22H2,1H3/t28-,29+,30-,31+,32?,36+/m1/s1. The van der Waals surface area contributed by atoms with Crippen molar-refractivity contribution >= 4 is 52.5 Å². The van der Waals surface area contributed by atoms with E-state index in [9.17, 15) is 19.5 Å². The lowest BCUT2D eigenvalue weighted by molar-refractivity contribution is -0.141. The minimum Gasteiger partial charge on any atom is -0.494 e. The van der Waals surface area contributed by atoms with Crippen molar-refractivity contribution in [1.82, 2.24) is 4.90 Å². The van der Waals surface area contributed by atoms with Crippen LogP contribution in [0.15, 0.2) is 103 Å². The SMILES string of the molecule is CCOc1ccc(N2CC=C[C@@H]3S[C@]45C=CCN(c6ccccc6Cl)C(=O)C4N([C@H](CO)c4ccccc4)C(=O)[C@@H]5[C@@H]3C2=O)cc1. The van der Waals surface area contributed by atoms with E-state index in [1.54, 1.807) is 32.9 Å². The van der Waals surface area contributed by atoms with Crippen molar-refractivity contribution in [2.24, 2.45) is 11.8 Å². The second kappa shape index (κ2) is 12.3. The average molecular weight is 656 g/mol. The smallest absolute Gasteiger partial charge is 0.251 e. The molecule has 0 saturated carbocycles. The molecule has 0 aromatic heterocycles. The van der Waals surface area contributed by atoms with Gasteiger partial charge in [0, 0.05) is 24.0 Å². The van der Waals surface area contributed by atoms with Gasteiger partial charge in [-0.2, -0.15) is 0 Å². The van der Waals surface area contributed by atoms with Crippen LogP contribution in [0.1, 0.15) is 18.5 Å². The van der Waals surface area contributed by atoms with Crippen molar-refractivity contribution in [2.45, 2.75) is 29.0 Å². The van der Waals surface area contributed by atoms with E-state index in [1.807, 2.05) is 91.9 Å². The lowest BCUT2D eigenvalue weighted by atomic mass is 9.78. The summed E-state index contributed by atoms with van der Waals surface area (Å²) in [4.78, 5) is 49.2. The minimum absolute atomic E-state index is 0.171. The second-order valence-electron chi connectivity index (χ2n) is 11.8. The third-order valence-corrected chi connectivity index (χ3v) is 11.5. The molecule has 0 bridgehead atoms. The third-order valence-electron chi connectivity index (χ3n) is 9.39. The van der Waals surface area contributed by atoms with Crippen molar-refractivity contribution in [3.8, 4) is 5.75 Å². The lowest BCUT2D eigenvalue weighted by Gasteiger charge is -2.38. The Balaban J connectivity index is 1.34. The van der Waals surface area contributed by atoms with Gasteiger partial charge in [-0.15, -0.1) is 11.8 Å². The molecule has 3 amide bonds. The summed E-state index contributed by atoms with van der Waals surface area (Å²) in [5.41, 5.74) is 1.96. The van der Waals surface area contributed by atoms with Gasteiger partial charge in [-0.05, 0) is 48.9 Å². The first-order valence-electron chi connectivity index (χ1n) is 15.5. The number of hydrogen-bond acceptors (Lipinski definition) is 6. The van der Waals surface area contributed by atoms with Gasteiger partial charge in [-0.1, -0.05) is 78.4 Å². The van der Waals surface area contributed by atoms with Crippen molar-refractivity contribution in [3.63, 3.8) is 0 Å². The summed E-state index contributed by atoms with van der Waals surface area (Å²) in [7, 11) is 0. The molecule has 0 aliphatic carbocycles. The number of rotatable bonds is 7. The molecule has 3 aromatic carbocycles. The van der Waals surface area contributed by atoms with Gasteiger partial charge in [0.1, 0.15) is 11.8 Å². The number of benzene rings is 3. The maximum Gasteiger partial charge on any atom is 0.251 e. The van der Waals surface area contributed by atoms with Gasteiger partial charge >= 0.3 is 0 Å². The summed E-state index contributed by atoms with van der Waals surface area (Å²) in [6, 6.07) is 22.0. The number of likely N-dealkylation sites (tertiary alicyclic amines) is 1. The van der Waals surface area contributed by atoms with Gasteiger partial charge in [-0.25, -0.2) is 0 Å². The first kappa shape index (κ1) is 30.6. The number of aliphatic hydroxyl groups is 1. The quantitative estimate of drug-likeness (QED) is 0.349. The number of aliphatic hydroxyl groups excluding tert-OH is 1. The summed E-state index contributed by atoms with van der Waals surface area (Å²) in [6.45, 7) is 2.68. The first-order chi connectivity index (χ1) is 22.4. The predicted molar refractivity (Wildman–Crippen MR) is 180 cm³/mol. The number of carbonyl (C=O) groups excluding carboxylic acids is 3. The number of thioether (sulfide) groups is 1. The van der Waals surface area contributed by atoms with Crippen LogP contribution in [0.25, 0.3) is 0 Å². The molecule has 2 fully saturated rings. The van der Waals surface area contributed by atoms with Crippen molar-refractivity contribution in [2.75, 3.05) is 36.1 Å². The maximum absolute atomic E-state index is 14.9. The molecule has 7 rings (SSSR count). The van der Waals surface area contributed by atoms with E-state index in [2.05, 4.69) is 0 Å². The minimum atomic E-state index is -1.05. The summed E-state index contributed by atoms with van der Waals surface area (Å²) < 4.78 is 4.55. The number of fused-ring (bicyclic) bond motifs is 2. The van der Waals surface area contributed by atoms with E-state index in [-0.39, 0.29) is 36.1 Å². The fourth-order valence-electron chi connectivity index (χ4n) is 7.45. The van der Waals surface area contributed by atoms with Crippen LogP contribution in [0.5, 0.6) is 5.75 Å². The summed E-state index contributed by atoms with van der Waals surface area (Å²) >= 11 is 8.11. The molecular weight excluding hydrogens is 622 g/mol. The van der Waals surface area contributed by atoms with Crippen molar-refractivity contribution < 1.29 is 24.2 Å². The Labute approximate surface area is 277 Å². The summed E-state index contributed by atoms with van der Waals surface area (Å²) in [5.74, 6) is -1.64. The zero-order chi connectivity index (χ0) is 32.0. The number of ether oxygens (including phenoxy) is 1. The Kier molecular flexibility index (Phi) is 8.17. The van der Waals surface area contributed by atoms with Gasteiger partial charge in [-0.3, -0.25) is 14.4 Å². The Morgan fingerprint density at radius 1 is 0.913 bits per heavy atom. The Morgan fingerprint density at radius 2 is 1.63 bits per heavy atom. The maximum atomic E-state index is 14.9. The van der Waals surface area contributed by atoms with Crippen LogP contribution in [0, 0.1) is 11.8 Å². The number of anilines is 2. The van der Waals surface area contributed by atoms with Crippen molar-refractivity contribution in [3.05, 3.63) is 114 Å². The topological polar surface area (TPSA) is 90.4 Å². The van der Waals surface area contributed by atoms with E-state index >= 15 is 0 Å². The van der Waals surface area contributed by atoms with Crippen LogP contribution in [0.4, 0.5) is 11.4 Å². The van der Waals surface area contributed by atoms with Crippen LogP contribution in [0.3, 0.4) is 0 Å².